The van der Waals surface area contributed by atoms with E-state index in [4.69, 9.17) is 0 Å². The van der Waals surface area contributed by atoms with Crippen LogP contribution in [0.4, 0.5) is 0 Å². The first-order valence-corrected chi connectivity index (χ1v) is 6.35. The van der Waals surface area contributed by atoms with Gasteiger partial charge >= 0.3 is 0 Å². The molecule has 84 valence electrons. The van der Waals surface area contributed by atoms with E-state index in [0.717, 1.165) is 5.92 Å². The topological polar surface area (TPSA) is 0 Å². The first-order chi connectivity index (χ1) is 6.65. The summed E-state index contributed by atoms with van der Waals surface area (Å²) >= 11 is 0. The van der Waals surface area contributed by atoms with E-state index in [1.807, 2.05) is 0 Å². The lowest BCUT2D eigenvalue weighted by Gasteiger charge is -2.15. The molecule has 0 spiro atoms. The zero-order chi connectivity index (χ0) is 11.0. The van der Waals surface area contributed by atoms with Crippen LogP contribution in [0.25, 0.3) is 0 Å². The van der Waals surface area contributed by atoms with Gasteiger partial charge in [-0.15, -0.1) is 0 Å². The molecule has 0 aliphatic carbocycles. The van der Waals surface area contributed by atoms with Crippen molar-refractivity contribution < 1.29 is 0 Å². The van der Waals surface area contributed by atoms with Gasteiger partial charge < -0.3 is 0 Å². The van der Waals surface area contributed by atoms with Gasteiger partial charge in [-0.25, -0.2) is 0 Å². The molecular weight excluding hydrogens is 168 g/mol. The molecule has 0 aliphatic heterocycles. The summed E-state index contributed by atoms with van der Waals surface area (Å²) in [5, 5.41) is 0. The quantitative estimate of drug-likeness (QED) is 0.482. The van der Waals surface area contributed by atoms with Gasteiger partial charge in [0.05, 0.1) is 0 Å². The molecule has 0 N–H and O–H groups in total. The summed E-state index contributed by atoms with van der Waals surface area (Å²) in [6.45, 7) is 11.5. The van der Waals surface area contributed by atoms with Gasteiger partial charge in [-0.3, -0.25) is 0 Å². The summed E-state index contributed by atoms with van der Waals surface area (Å²) in [6, 6.07) is 0. The van der Waals surface area contributed by atoms with Crippen molar-refractivity contribution in [2.45, 2.75) is 73.1 Å². The fourth-order valence-electron chi connectivity index (χ4n) is 2.12. The molecule has 0 unspecified atom stereocenters. The van der Waals surface area contributed by atoms with Crippen molar-refractivity contribution in [3.8, 4) is 0 Å². The first-order valence-electron chi connectivity index (χ1n) is 6.35. The molecule has 0 rings (SSSR count). The van der Waals surface area contributed by atoms with Gasteiger partial charge in [0.1, 0.15) is 0 Å². The molecule has 14 heavy (non-hydrogen) atoms. The SMILES string of the molecule is CCCC(CC)=C(CCC)CC(C)C. The number of allylic oxidation sites excluding steroid dienone is 2. The third-order valence-electron chi connectivity index (χ3n) is 2.68. The largest absolute Gasteiger partial charge is 0.0713 e. The lowest BCUT2D eigenvalue weighted by atomic mass is 9.91. The summed E-state index contributed by atoms with van der Waals surface area (Å²) in [7, 11) is 0. The maximum absolute atomic E-state index is 2.33. The van der Waals surface area contributed by atoms with Gasteiger partial charge in [-0.2, -0.15) is 0 Å². The normalized spacial score (nSPS) is 13.3. The number of hydrogen-bond acceptors (Lipinski definition) is 0. The average Bonchev–Trinajstić information content (AvgIpc) is 2.13. The molecule has 0 aromatic carbocycles. The Morgan fingerprint density at radius 1 is 0.857 bits per heavy atom. The van der Waals surface area contributed by atoms with Crippen LogP contribution in [0.2, 0.25) is 0 Å². The van der Waals surface area contributed by atoms with E-state index in [1.165, 1.54) is 38.5 Å². The summed E-state index contributed by atoms with van der Waals surface area (Å²) < 4.78 is 0. The fraction of sp³-hybridized carbons (Fsp3) is 0.857. The van der Waals surface area contributed by atoms with Crippen LogP contribution in [0, 0.1) is 5.92 Å². The lowest BCUT2D eigenvalue weighted by Crippen LogP contribution is -1.97. The van der Waals surface area contributed by atoms with Gasteiger partial charge in [0.15, 0.2) is 0 Å². The van der Waals surface area contributed by atoms with Crippen molar-refractivity contribution in [2.75, 3.05) is 0 Å². The molecule has 0 aromatic heterocycles. The Balaban J connectivity index is 4.50. The van der Waals surface area contributed by atoms with Crippen LogP contribution in [0.5, 0.6) is 0 Å². The predicted octanol–water partition coefficient (Wildman–Crippen LogP) is 5.34. The van der Waals surface area contributed by atoms with E-state index in [0.29, 0.717) is 0 Å². The number of hydrogen-bond donors (Lipinski definition) is 0. The van der Waals surface area contributed by atoms with E-state index < -0.39 is 0 Å². The van der Waals surface area contributed by atoms with Crippen LogP contribution in [-0.4, -0.2) is 0 Å². The zero-order valence-corrected chi connectivity index (χ0v) is 10.8. The van der Waals surface area contributed by atoms with Crippen molar-refractivity contribution in [2.24, 2.45) is 5.92 Å². The van der Waals surface area contributed by atoms with Crippen molar-refractivity contribution in [1.29, 1.82) is 0 Å². The van der Waals surface area contributed by atoms with Gasteiger partial charge in [0.25, 0.3) is 0 Å². The minimum atomic E-state index is 0.815. The second-order valence-electron chi connectivity index (χ2n) is 4.66. The monoisotopic (exact) mass is 196 g/mol. The van der Waals surface area contributed by atoms with Crippen LogP contribution in [0.15, 0.2) is 11.1 Å². The highest BCUT2D eigenvalue weighted by molar-refractivity contribution is 5.14. The molecule has 0 aliphatic rings. The van der Waals surface area contributed by atoms with Gasteiger partial charge in [0.2, 0.25) is 0 Å². The third-order valence-corrected chi connectivity index (χ3v) is 2.68. The maximum atomic E-state index is 2.33. The van der Waals surface area contributed by atoms with Crippen LogP contribution in [0.3, 0.4) is 0 Å². The third kappa shape index (κ3) is 5.47. The van der Waals surface area contributed by atoms with Crippen molar-refractivity contribution in [1.82, 2.24) is 0 Å². The summed E-state index contributed by atoms with van der Waals surface area (Å²) in [6.07, 6.45) is 7.82. The minimum Gasteiger partial charge on any atom is -0.0713 e. The van der Waals surface area contributed by atoms with Crippen LogP contribution < -0.4 is 0 Å². The van der Waals surface area contributed by atoms with E-state index in [9.17, 15) is 0 Å². The van der Waals surface area contributed by atoms with Crippen molar-refractivity contribution in [3.05, 3.63) is 11.1 Å². The predicted molar refractivity (Wildman–Crippen MR) is 66.6 cm³/mol. The molecule has 0 fully saturated rings. The summed E-state index contributed by atoms with van der Waals surface area (Å²) in [5.41, 5.74) is 3.50. The second kappa shape index (κ2) is 8.08. The molecular formula is C14H28. The Kier molecular flexibility index (Phi) is 7.93. The molecule has 0 atom stereocenters. The van der Waals surface area contributed by atoms with Crippen LogP contribution in [0.1, 0.15) is 73.1 Å². The molecule has 0 radical (unpaired) electrons. The van der Waals surface area contributed by atoms with Crippen molar-refractivity contribution >= 4 is 0 Å². The highest BCUT2D eigenvalue weighted by Gasteiger charge is 2.06. The van der Waals surface area contributed by atoms with Gasteiger partial charge in [-0.1, -0.05) is 58.6 Å². The van der Waals surface area contributed by atoms with Crippen LogP contribution >= 0.6 is 0 Å². The highest BCUT2D eigenvalue weighted by Crippen LogP contribution is 2.24. The molecule has 0 bridgehead atoms. The molecule has 0 nitrogen and oxygen atoms in total. The molecule has 0 aromatic rings. The van der Waals surface area contributed by atoms with E-state index in [1.54, 1.807) is 11.1 Å². The van der Waals surface area contributed by atoms with Gasteiger partial charge in [0, 0.05) is 0 Å². The standard InChI is InChI=1S/C14H28/c1-6-9-13(8-3)14(10-7-2)11-12(4)5/h12H,6-11H2,1-5H3. The molecule has 0 saturated heterocycles. The Morgan fingerprint density at radius 3 is 1.71 bits per heavy atom. The lowest BCUT2D eigenvalue weighted by molar-refractivity contribution is 0.608. The van der Waals surface area contributed by atoms with E-state index in [-0.39, 0.29) is 0 Å². The zero-order valence-electron chi connectivity index (χ0n) is 10.8. The van der Waals surface area contributed by atoms with E-state index >= 15 is 0 Å². The van der Waals surface area contributed by atoms with Crippen molar-refractivity contribution in [3.63, 3.8) is 0 Å². The summed E-state index contributed by atoms with van der Waals surface area (Å²) in [5.74, 6) is 0.815. The fourth-order valence-corrected chi connectivity index (χ4v) is 2.12. The Hall–Kier alpha value is -0.260. The maximum Gasteiger partial charge on any atom is -0.0294 e. The molecule has 0 heteroatoms. The summed E-state index contributed by atoms with van der Waals surface area (Å²) in [4.78, 5) is 0. The Labute approximate surface area is 90.8 Å². The highest BCUT2D eigenvalue weighted by atomic mass is 14.1. The number of rotatable bonds is 7. The van der Waals surface area contributed by atoms with E-state index in [2.05, 4.69) is 34.6 Å². The molecule has 0 saturated carbocycles. The first kappa shape index (κ1) is 13.7. The minimum absolute atomic E-state index is 0.815. The van der Waals surface area contributed by atoms with Crippen LogP contribution in [-0.2, 0) is 0 Å². The second-order valence-corrected chi connectivity index (χ2v) is 4.66. The Morgan fingerprint density at radius 2 is 1.36 bits per heavy atom. The smallest absolute Gasteiger partial charge is 0.0294 e. The molecule has 0 amide bonds. The van der Waals surface area contributed by atoms with Gasteiger partial charge in [-0.05, 0) is 31.6 Å². The average molecular weight is 196 g/mol. The Bertz CT molecular complexity index is 163. The molecule has 0 heterocycles.